The number of nitrogens with one attached hydrogen (secondary N) is 1. The maximum Gasteiger partial charge on any atom is 0.0240 e. The molecule has 1 unspecified atom stereocenters. The Bertz CT molecular complexity index is 571. The van der Waals surface area contributed by atoms with Crippen molar-refractivity contribution in [2.24, 2.45) is 0 Å². The van der Waals surface area contributed by atoms with Crippen LogP contribution in [0.1, 0.15) is 25.8 Å². The molecule has 0 saturated carbocycles. The van der Waals surface area contributed by atoms with Crippen LogP contribution in [-0.2, 0) is 6.54 Å². The van der Waals surface area contributed by atoms with Gasteiger partial charge in [-0.05, 0) is 22.8 Å². The summed E-state index contributed by atoms with van der Waals surface area (Å²) < 4.78 is 0. The number of rotatable bonds is 4. The lowest BCUT2D eigenvalue weighted by molar-refractivity contribution is 0.318. The van der Waals surface area contributed by atoms with E-state index >= 15 is 0 Å². The topological polar surface area (TPSA) is 15.3 Å². The van der Waals surface area contributed by atoms with Crippen molar-refractivity contribution in [3.63, 3.8) is 0 Å². The Hall–Kier alpha value is -1.38. The second-order valence-electron chi connectivity index (χ2n) is 6.18. The summed E-state index contributed by atoms with van der Waals surface area (Å²) in [4.78, 5) is 2.57. The van der Waals surface area contributed by atoms with E-state index in [1.807, 2.05) is 0 Å². The van der Waals surface area contributed by atoms with Crippen molar-refractivity contribution in [1.82, 2.24) is 10.2 Å². The Morgan fingerprint density at radius 1 is 1.15 bits per heavy atom. The molecule has 1 atom stereocenters. The van der Waals surface area contributed by atoms with E-state index in [1.165, 1.54) is 35.8 Å². The third-order valence-electron chi connectivity index (χ3n) is 4.12. The van der Waals surface area contributed by atoms with Crippen LogP contribution in [-0.4, -0.2) is 30.1 Å². The zero-order valence-corrected chi connectivity index (χ0v) is 12.5. The molecule has 1 N–H and O–H groups in total. The van der Waals surface area contributed by atoms with Crippen LogP contribution < -0.4 is 5.32 Å². The van der Waals surface area contributed by atoms with Crippen LogP contribution in [0.2, 0.25) is 0 Å². The van der Waals surface area contributed by atoms with Gasteiger partial charge in [0.2, 0.25) is 0 Å². The van der Waals surface area contributed by atoms with Crippen LogP contribution >= 0.6 is 0 Å². The van der Waals surface area contributed by atoms with Crippen LogP contribution in [0, 0.1) is 0 Å². The van der Waals surface area contributed by atoms with Crippen molar-refractivity contribution in [3.8, 4) is 0 Å². The molecule has 0 bridgehead atoms. The number of nitrogens with zero attached hydrogens (tertiary/aromatic N) is 1. The molecular formula is C18H24N2. The highest BCUT2D eigenvalue weighted by Crippen LogP contribution is 2.21. The van der Waals surface area contributed by atoms with Crippen molar-refractivity contribution >= 4 is 10.8 Å². The molecule has 2 aromatic carbocycles. The lowest BCUT2D eigenvalue weighted by Gasteiger charge is -2.19. The first-order chi connectivity index (χ1) is 9.72. The summed E-state index contributed by atoms with van der Waals surface area (Å²) in [7, 11) is 0. The molecule has 0 aromatic heterocycles. The van der Waals surface area contributed by atoms with Gasteiger partial charge in [0.1, 0.15) is 0 Å². The molecule has 0 amide bonds. The van der Waals surface area contributed by atoms with Gasteiger partial charge in [-0.25, -0.2) is 0 Å². The maximum absolute atomic E-state index is 3.65. The van der Waals surface area contributed by atoms with Crippen LogP contribution in [0.25, 0.3) is 10.8 Å². The monoisotopic (exact) mass is 268 g/mol. The third-order valence-corrected chi connectivity index (χ3v) is 4.12. The quantitative estimate of drug-likeness (QED) is 0.914. The van der Waals surface area contributed by atoms with Gasteiger partial charge in [-0.3, -0.25) is 4.90 Å². The fraction of sp³-hybridized carbons (Fsp3) is 0.444. The van der Waals surface area contributed by atoms with E-state index < -0.39 is 0 Å². The van der Waals surface area contributed by atoms with Gasteiger partial charge < -0.3 is 5.32 Å². The second-order valence-corrected chi connectivity index (χ2v) is 6.18. The predicted molar refractivity (Wildman–Crippen MR) is 85.9 cm³/mol. The summed E-state index contributed by atoms with van der Waals surface area (Å²) in [5, 5.41) is 6.40. The minimum absolute atomic E-state index is 0.581. The first-order valence-electron chi connectivity index (χ1n) is 7.67. The van der Waals surface area contributed by atoms with Gasteiger partial charge >= 0.3 is 0 Å². The molecule has 0 radical (unpaired) electrons. The van der Waals surface area contributed by atoms with E-state index in [2.05, 4.69) is 66.5 Å². The lowest BCUT2D eigenvalue weighted by Crippen LogP contribution is -2.36. The summed E-state index contributed by atoms with van der Waals surface area (Å²) in [5.74, 6) is 0. The first kappa shape index (κ1) is 13.6. The van der Waals surface area contributed by atoms with Gasteiger partial charge in [-0.15, -0.1) is 0 Å². The summed E-state index contributed by atoms with van der Waals surface area (Å²) in [6, 6.07) is 16.6. The van der Waals surface area contributed by atoms with Gasteiger partial charge in [0.05, 0.1) is 0 Å². The molecule has 0 spiro atoms. The summed E-state index contributed by atoms with van der Waals surface area (Å²) in [6.45, 7) is 7.90. The van der Waals surface area contributed by atoms with Gasteiger partial charge in [0.15, 0.2) is 0 Å². The third kappa shape index (κ3) is 3.02. The van der Waals surface area contributed by atoms with Gasteiger partial charge in [0.25, 0.3) is 0 Å². The smallest absolute Gasteiger partial charge is 0.0240 e. The Morgan fingerprint density at radius 3 is 2.80 bits per heavy atom. The van der Waals surface area contributed by atoms with E-state index in [-0.39, 0.29) is 0 Å². The van der Waals surface area contributed by atoms with Crippen molar-refractivity contribution in [2.45, 2.75) is 38.9 Å². The standard InChI is InChI=1S/C18H24N2/c1-14(2)19-17-10-11-20(13-17)12-16-8-5-7-15-6-3-4-9-18(15)16/h3-9,14,17,19H,10-13H2,1-2H3. The summed E-state index contributed by atoms with van der Waals surface area (Å²) >= 11 is 0. The van der Waals surface area contributed by atoms with Crippen molar-refractivity contribution in [3.05, 3.63) is 48.0 Å². The fourth-order valence-corrected chi connectivity index (χ4v) is 3.25. The van der Waals surface area contributed by atoms with Crippen LogP contribution in [0.4, 0.5) is 0 Å². The van der Waals surface area contributed by atoms with E-state index in [4.69, 9.17) is 0 Å². The van der Waals surface area contributed by atoms with Crippen molar-refractivity contribution in [1.29, 1.82) is 0 Å². The van der Waals surface area contributed by atoms with E-state index in [0.29, 0.717) is 12.1 Å². The molecular weight excluding hydrogens is 244 g/mol. The molecule has 1 aliphatic rings. The number of benzene rings is 2. The zero-order chi connectivity index (χ0) is 13.9. The van der Waals surface area contributed by atoms with Crippen LogP contribution in [0.5, 0.6) is 0 Å². The molecule has 2 aromatic rings. The number of likely N-dealkylation sites (tertiary alicyclic amines) is 1. The molecule has 2 heteroatoms. The minimum Gasteiger partial charge on any atom is -0.310 e. The van der Waals surface area contributed by atoms with Gasteiger partial charge in [-0.2, -0.15) is 0 Å². The number of hydrogen-bond acceptors (Lipinski definition) is 2. The highest BCUT2D eigenvalue weighted by molar-refractivity contribution is 5.85. The average molecular weight is 268 g/mol. The molecule has 1 fully saturated rings. The van der Waals surface area contributed by atoms with Crippen LogP contribution in [0.15, 0.2) is 42.5 Å². The highest BCUT2D eigenvalue weighted by atomic mass is 15.2. The summed E-state index contributed by atoms with van der Waals surface area (Å²) in [6.07, 6.45) is 1.27. The number of hydrogen-bond donors (Lipinski definition) is 1. The Kier molecular flexibility index (Phi) is 4.04. The zero-order valence-electron chi connectivity index (χ0n) is 12.5. The SMILES string of the molecule is CC(C)NC1CCN(Cc2cccc3ccccc23)C1. The minimum atomic E-state index is 0.581. The first-order valence-corrected chi connectivity index (χ1v) is 7.67. The molecule has 2 nitrogen and oxygen atoms in total. The fourth-order valence-electron chi connectivity index (χ4n) is 3.25. The molecule has 1 heterocycles. The largest absolute Gasteiger partial charge is 0.310 e. The van der Waals surface area contributed by atoms with E-state index in [1.54, 1.807) is 0 Å². The molecule has 0 aliphatic carbocycles. The van der Waals surface area contributed by atoms with Crippen LogP contribution in [0.3, 0.4) is 0 Å². The molecule has 1 saturated heterocycles. The summed E-state index contributed by atoms with van der Waals surface area (Å²) in [5.41, 5.74) is 1.45. The molecule has 1 aliphatic heterocycles. The normalized spacial score (nSPS) is 20.1. The lowest BCUT2D eigenvalue weighted by atomic mass is 10.0. The number of fused-ring (bicyclic) bond motifs is 1. The maximum atomic E-state index is 3.65. The molecule has 106 valence electrons. The van der Waals surface area contributed by atoms with Gasteiger partial charge in [0, 0.05) is 31.7 Å². The molecule has 3 rings (SSSR count). The highest BCUT2D eigenvalue weighted by Gasteiger charge is 2.22. The second kappa shape index (κ2) is 5.94. The Labute approximate surface area is 121 Å². The van der Waals surface area contributed by atoms with Crippen molar-refractivity contribution < 1.29 is 0 Å². The van der Waals surface area contributed by atoms with Crippen molar-refractivity contribution in [2.75, 3.05) is 13.1 Å². The molecule has 20 heavy (non-hydrogen) atoms. The van der Waals surface area contributed by atoms with E-state index in [0.717, 1.165) is 6.54 Å². The van der Waals surface area contributed by atoms with E-state index in [9.17, 15) is 0 Å². The Morgan fingerprint density at radius 2 is 1.95 bits per heavy atom. The average Bonchev–Trinajstić information content (AvgIpc) is 2.86. The van der Waals surface area contributed by atoms with Gasteiger partial charge in [-0.1, -0.05) is 56.3 Å². The Balaban J connectivity index is 1.71. The predicted octanol–water partition coefficient (Wildman–Crippen LogP) is 3.41.